The van der Waals surface area contributed by atoms with Crippen molar-refractivity contribution in [2.45, 2.75) is 38.8 Å². The molecule has 0 radical (unpaired) electrons. The van der Waals surface area contributed by atoms with Gasteiger partial charge in [-0.25, -0.2) is 4.39 Å². The molecule has 1 saturated heterocycles. The first-order valence-electron chi connectivity index (χ1n) is 11.1. The highest BCUT2D eigenvalue weighted by Crippen LogP contribution is 2.29. The average molecular weight is 558 g/mol. The van der Waals surface area contributed by atoms with E-state index in [0.717, 1.165) is 48.2 Å². The number of benzene rings is 1. The number of rotatable bonds is 8. The van der Waals surface area contributed by atoms with E-state index < -0.39 is 0 Å². The van der Waals surface area contributed by atoms with E-state index in [4.69, 9.17) is 18.9 Å². The summed E-state index contributed by atoms with van der Waals surface area (Å²) in [4.78, 5) is 7.25. The van der Waals surface area contributed by atoms with Gasteiger partial charge in [0.2, 0.25) is 0 Å². The summed E-state index contributed by atoms with van der Waals surface area (Å²) in [6.07, 6.45) is 4.77. The fourth-order valence-corrected chi connectivity index (χ4v) is 4.20. The monoisotopic (exact) mass is 558 g/mol. The maximum Gasteiger partial charge on any atom is 0.191 e. The molecule has 1 unspecified atom stereocenters. The lowest BCUT2D eigenvalue weighted by Crippen LogP contribution is -2.39. The van der Waals surface area contributed by atoms with Gasteiger partial charge in [0.15, 0.2) is 12.8 Å². The van der Waals surface area contributed by atoms with Gasteiger partial charge in [-0.3, -0.25) is 9.89 Å². The Balaban J connectivity index is 0.00000289. The van der Waals surface area contributed by atoms with Gasteiger partial charge >= 0.3 is 0 Å². The van der Waals surface area contributed by atoms with Crippen molar-refractivity contribution in [3.63, 3.8) is 0 Å². The molecule has 7 nitrogen and oxygen atoms in total. The van der Waals surface area contributed by atoms with E-state index in [-0.39, 0.29) is 42.6 Å². The van der Waals surface area contributed by atoms with Crippen LogP contribution in [0.2, 0.25) is 0 Å². The van der Waals surface area contributed by atoms with Gasteiger partial charge < -0.3 is 24.5 Å². The number of aliphatic imine (C=N–C) groups is 1. The van der Waals surface area contributed by atoms with E-state index >= 15 is 0 Å². The van der Waals surface area contributed by atoms with Crippen LogP contribution in [0, 0.1) is 5.82 Å². The number of nitrogens with zero attached hydrogens (tertiary/aromatic N) is 2. The van der Waals surface area contributed by atoms with E-state index in [1.807, 2.05) is 19.1 Å². The lowest BCUT2D eigenvalue weighted by molar-refractivity contribution is -0.0172. The third-order valence-electron chi connectivity index (χ3n) is 5.66. The number of hydrogen-bond acceptors (Lipinski definition) is 5. The van der Waals surface area contributed by atoms with E-state index in [9.17, 15) is 4.39 Å². The second-order valence-electron chi connectivity index (χ2n) is 7.83. The predicted molar refractivity (Wildman–Crippen MR) is 132 cm³/mol. The molecule has 32 heavy (non-hydrogen) atoms. The molecule has 2 aromatic rings. The van der Waals surface area contributed by atoms with Crippen LogP contribution in [0.15, 0.2) is 39.9 Å². The minimum absolute atomic E-state index is 0. The summed E-state index contributed by atoms with van der Waals surface area (Å²) in [6.45, 7) is 6.74. The number of guanidine groups is 1. The number of likely N-dealkylation sites (tertiary alicyclic amines) is 1. The van der Waals surface area contributed by atoms with Crippen molar-refractivity contribution in [2.24, 2.45) is 4.99 Å². The molecule has 0 spiro atoms. The summed E-state index contributed by atoms with van der Waals surface area (Å²) in [5.74, 6) is 2.17. The Bertz CT molecular complexity index is 872. The van der Waals surface area contributed by atoms with Gasteiger partial charge in [-0.15, -0.1) is 24.0 Å². The fraction of sp³-hybridized carbons (Fsp3) is 0.522. The Morgan fingerprint density at radius 1 is 1.25 bits per heavy atom. The topological polar surface area (TPSA) is 71.3 Å². The molecule has 1 aromatic carbocycles. The van der Waals surface area contributed by atoms with Gasteiger partial charge in [-0.05, 0) is 69.1 Å². The zero-order valence-electron chi connectivity index (χ0n) is 18.4. The lowest BCUT2D eigenvalue weighted by atomic mass is 10.1. The number of halogens is 2. The summed E-state index contributed by atoms with van der Waals surface area (Å²) < 4.78 is 30.5. The first kappa shape index (κ1) is 24.8. The van der Waals surface area contributed by atoms with Crippen molar-refractivity contribution >= 4 is 29.9 Å². The van der Waals surface area contributed by atoms with Crippen molar-refractivity contribution in [1.29, 1.82) is 0 Å². The van der Waals surface area contributed by atoms with Gasteiger partial charge in [-0.2, -0.15) is 0 Å². The largest absolute Gasteiger partial charge is 0.468 e. The molecular formula is C23H32FIN4O3. The first-order chi connectivity index (χ1) is 15.2. The first-order valence-corrected chi connectivity index (χ1v) is 11.1. The maximum atomic E-state index is 14.0. The van der Waals surface area contributed by atoms with Crippen molar-refractivity contribution in [3.05, 3.63) is 53.2 Å². The Morgan fingerprint density at radius 3 is 2.84 bits per heavy atom. The van der Waals surface area contributed by atoms with Crippen LogP contribution in [0.4, 0.5) is 4.39 Å². The molecule has 4 rings (SSSR count). The smallest absolute Gasteiger partial charge is 0.191 e. The average Bonchev–Trinajstić information content (AvgIpc) is 3.49. The van der Waals surface area contributed by atoms with E-state index in [2.05, 4.69) is 15.5 Å². The number of fused-ring (bicyclic) bond motifs is 1. The highest BCUT2D eigenvalue weighted by molar-refractivity contribution is 14.0. The normalized spacial score (nSPS) is 17.2. The zero-order chi connectivity index (χ0) is 21.5. The van der Waals surface area contributed by atoms with E-state index in [1.165, 1.54) is 25.0 Å². The number of hydrogen-bond donors (Lipinski definition) is 2. The minimum Gasteiger partial charge on any atom is -0.468 e. The van der Waals surface area contributed by atoms with E-state index in [0.29, 0.717) is 26.1 Å². The van der Waals surface area contributed by atoms with Crippen LogP contribution in [0.5, 0.6) is 5.75 Å². The molecule has 1 fully saturated rings. The Kier molecular flexibility index (Phi) is 9.61. The van der Waals surface area contributed by atoms with Crippen LogP contribution in [0.1, 0.15) is 42.7 Å². The maximum absolute atomic E-state index is 14.0. The third kappa shape index (κ3) is 6.35. The van der Waals surface area contributed by atoms with Crippen molar-refractivity contribution in [3.8, 4) is 5.75 Å². The summed E-state index contributed by atoms with van der Waals surface area (Å²) in [5.41, 5.74) is 1.60. The SMILES string of the molecule is CCNC(=NCC(c1ccco1)N1CCCC1)NCCc1cc(F)cc2c1OCOC2.I. The van der Waals surface area contributed by atoms with Crippen LogP contribution in [-0.2, 0) is 17.8 Å². The Hall–Kier alpha value is -1.85. The molecule has 2 aliphatic heterocycles. The number of nitrogens with one attached hydrogen (secondary N) is 2. The van der Waals surface area contributed by atoms with Gasteiger partial charge in [-0.1, -0.05) is 0 Å². The molecule has 2 aliphatic rings. The molecule has 9 heteroatoms. The highest BCUT2D eigenvalue weighted by atomic mass is 127. The number of ether oxygens (including phenoxy) is 2. The Labute approximate surface area is 205 Å². The summed E-state index contributed by atoms with van der Waals surface area (Å²) >= 11 is 0. The molecule has 2 N–H and O–H groups in total. The number of furan rings is 1. The predicted octanol–water partition coefficient (Wildman–Crippen LogP) is 3.84. The van der Waals surface area contributed by atoms with E-state index in [1.54, 1.807) is 6.26 Å². The van der Waals surface area contributed by atoms with Crippen molar-refractivity contribution in [1.82, 2.24) is 15.5 Å². The van der Waals surface area contributed by atoms with Crippen LogP contribution < -0.4 is 15.4 Å². The second-order valence-corrected chi connectivity index (χ2v) is 7.83. The molecule has 0 bridgehead atoms. The van der Waals surface area contributed by atoms with Crippen molar-refractivity contribution < 1.29 is 18.3 Å². The molecule has 0 saturated carbocycles. The van der Waals surface area contributed by atoms with Gasteiger partial charge in [0.05, 0.1) is 25.5 Å². The van der Waals surface area contributed by atoms with Crippen LogP contribution in [-0.4, -0.2) is 50.4 Å². The Morgan fingerprint density at radius 2 is 2.09 bits per heavy atom. The summed E-state index contributed by atoms with van der Waals surface area (Å²) in [6, 6.07) is 7.10. The van der Waals surface area contributed by atoms with Crippen molar-refractivity contribution in [2.75, 3.05) is 39.5 Å². The molecular weight excluding hydrogens is 526 g/mol. The lowest BCUT2D eigenvalue weighted by Gasteiger charge is -2.24. The minimum atomic E-state index is -0.268. The molecule has 176 valence electrons. The molecule has 3 heterocycles. The fourth-order valence-electron chi connectivity index (χ4n) is 4.20. The zero-order valence-corrected chi connectivity index (χ0v) is 20.8. The summed E-state index contributed by atoms with van der Waals surface area (Å²) in [5, 5.41) is 6.67. The van der Waals surface area contributed by atoms with Crippen LogP contribution in [0.3, 0.4) is 0 Å². The standard InChI is InChI=1S/C23H31FN4O3.HI/c1-2-25-23(27-14-20(21-6-5-11-30-21)28-9-3-4-10-28)26-8-7-17-12-19(24)13-18-15-29-16-31-22(17)18;/h5-6,11-13,20H,2-4,7-10,14-16H2,1H3,(H2,25,26,27);1H. The molecule has 1 aromatic heterocycles. The van der Waals surface area contributed by atoms with Gasteiger partial charge in [0.1, 0.15) is 17.3 Å². The molecule has 0 amide bonds. The molecule has 1 atom stereocenters. The molecule has 0 aliphatic carbocycles. The van der Waals surface area contributed by atoms with Crippen LogP contribution in [0.25, 0.3) is 0 Å². The quantitative estimate of drug-likeness (QED) is 0.292. The second kappa shape index (κ2) is 12.4. The van der Waals surface area contributed by atoms with Crippen LogP contribution >= 0.6 is 24.0 Å². The summed E-state index contributed by atoms with van der Waals surface area (Å²) in [7, 11) is 0. The highest BCUT2D eigenvalue weighted by Gasteiger charge is 2.25. The van der Waals surface area contributed by atoms with Gasteiger partial charge in [0, 0.05) is 18.7 Å². The van der Waals surface area contributed by atoms with Gasteiger partial charge in [0.25, 0.3) is 0 Å². The third-order valence-corrected chi connectivity index (χ3v) is 5.66.